The summed E-state index contributed by atoms with van der Waals surface area (Å²) < 4.78 is 47.5. The van der Waals surface area contributed by atoms with Crippen molar-refractivity contribution in [1.82, 2.24) is 0 Å². The number of rotatable bonds is 37. The summed E-state index contributed by atoms with van der Waals surface area (Å²) in [6.45, 7) is 3.64. The molecule has 0 heterocycles. The number of carbonyl (C=O) groups excluding carboxylic acids is 2. The Labute approximate surface area is 335 Å². The maximum absolute atomic E-state index is 12.6. The Bertz CT molecular complexity index is 1210. The molecule has 0 aliphatic carbocycles. The van der Waals surface area contributed by atoms with Crippen LogP contribution in [0.4, 0.5) is 0 Å². The molecule has 0 aromatic rings. The molecule has 0 bridgehead atoms. The number of aliphatic hydroxyl groups is 2. The highest BCUT2D eigenvalue weighted by atomic mass is 31.2. The van der Waals surface area contributed by atoms with Gasteiger partial charge in [0, 0.05) is 12.8 Å². The summed E-state index contributed by atoms with van der Waals surface area (Å²) >= 11 is 0. The van der Waals surface area contributed by atoms with Gasteiger partial charge in [-0.2, -0.15) is 0 Å². The quantitative estimate of drug-likeness (QED) is 0.0171. The van der Waals surface area contributed by atoms with Gasteiger partial charge in [0.05, 0.1) is 25.9 Å². The van der Waals surface area contributed by atoms with Gasteiger partial charge in [-0.3, -0.25) is 23.2 Å². The summed E-state index contributed by atoms with van der Waals surface area (Å²) in [4.78, 5) is 52.5. The van der Waals surface area contributed by atoms with Gasteiger partial charge in [0.1, 0.15) is 12.7 Å². The minimum Gasteiger partial charge on any atom is -0.462 e. The summed E-state index contributed by atoms with van der Waals surface area (Å²) in [5, 5.41) is 19.3. The molecule has 0 fully saturated rings. The molecule has 0 aliphatic heterocycles. The lowest BCUT2D eigenvalue weighted by molar-refractivity contribution is -0.161. The third-order valence-electron chi connectivity index (χ3n) is 8.30. The molecule has 0 aromatic heterocycles. The molecule has 5 N–H and O–H groups in total. The molecule has 0 saturated heterocycles. The van der Waals surface area contributed by atoms with Crippen LogP contribution in [-0.2, 0) is 41.8 Å². The van der Waals surface area contributed by atoms with E-state index in [0.29, 0.717) is 19.3 Å². The van der Waals surface area contributed by atoms with Crippen molar-refractivity contribution in [2.24, 2.45) is 5.92 Å². The lowest BCUT2D eigenvalue weighted by atomic mass is 10.0. The van der Waals surface area contributed by atoms with Gasteiger partial charge in [-0.1, -0.05) is 121 Å². The lowest BCUT2D eigenvalue weighted by Gasteiger charge is -2.20. The summed E-state index contributed by atoms with van der Waals surface area (Å²) in [5.74, 6) is -0.392. The highest BCUT2D eigenvalue weighted by Gasteiger charge is 2.28. The van der Waals surface area contributed by atoms with E-state index in [-0.39, 0.29) is 18.9 Å². The maximum atomic E-state index is 12.6. The molecular formula is C40H72O14P2. The van der Waals surface area contributed by atoms with Crippen LogP contribution in [0.1, 0.15) is 143 Å². The first-order valence-electron chi connectivity index (χ1n) is 20.3. The number of hydrogen-bond acceptors (Lipinski definition) is 11. The zero-order valence-corrected chi connectivity index (χ0v) is 35.8. The zero-order chi connectivity index (χ0) is 41.9. The molecule has 0 aliphatic rings. The number of aliphatic hydroxyl groups excluding tert-OH is 2. The van der Waals surface area contributed by atoms with Gasteiger partial charge in [-0.05, 0) is 63.7 Å². The van der Waals surface area contributed by atoms with E-state index < -0.39 is 66.2 Å². The second-order valence-electron chi connectivity index (χ2n) is 14.2. The maximum Gasteiger partial charge on any atom is 0.472 e. The van der Waals surface area contributed by atoms with E-state index in [1.165, 1.54) is 25.7 Å². The Kier molecular flexibility index (Phi) is 33.8. The van der Waals surface area contributed by atoms with Gasteiger partial charge < -0.3 is 34.4 Å². The molecular weight excluding hydrogens is 766 g/mol. The highest BCUT2D eigenvalue weighted by Crippen LogP contribution is 2.43. The van der Waals surface area contributed by atoms with Gasteiger partial charge >= 0.3 is 27.6 Å². The van der Waals surface area contributed by atoms with E-state index >= 15 is 0 Å². The fourth-order valence-corrected chi connectivity index (χ4v) is 6.19. The van der Waals surface area contributed by atoms with E-state index in [1.807, 2.05) is 19.1 Å². The third kappa shape index (κ3) is 38.9. The average Bonchev–Trinajstić information content (AvgIpc) is 3.14. The van der Waals surface area contributed by atoms with Crippen molar-refractivity contribution >= 4 is 27.6 Å². The largest absolute Gasteiger partial charge is 0.472 e. The number of ether oxygens (including phenoxy) is 2. The fourth-order valence-electron chi connectivity index (χ4n) is 5.03. The van der Waals surface area contributed by atoms with E-state index in [9.17, 15) is 33.8 Å². The number of carbonyl (C=O) groups is 2. The van der Waals surface area contributed by atoms with Crippen molar-refractivity contribution in [3.05, 3.63) is 48.6 Å². The van der Waals surface area contributed by atoms with Gasteiger partial charge in [0.2, 0.25) is 0 Å². The second-order valence-corrected chi connectivity index (χ2v) is 16.9. The Morgan fingerprint density at radius 2 is 1.07 bits per heavy atom. The minimum atomic E-state index is -4.87. The Morgan fingerprint density at radius 3 is 1.64 bits per heavy atom. The van der Waals surface area contributed by atoms with Crippen LogP contribution in [-0.4, -0.2) is 81.6 Å². The van der Waals surface area contributed by atoms with Crippen molar-refractivity contribution in [1.29, 1.82) is 0 Å². The van der Waals surface area contributed by atoms with E-state index in [0.717, 1.165) is 70.1 Å². The number of esters is 2. The normalized spacial score (nSPS) is 15.3. The number of allylic oxidation sites excluding steroid dienone is 8. The lowest BCUT2D eigenvalue weighted by Crippen LogP contribution is -2.30. The van der Waals surface area contributed by atoms with Crippen LogP contribution in [0.5, 0.6) is 0 Å². The summed E-state index contributed by atoms with van der Waals surface area (Å²) in [6, 6.07) is 0. The molecule has 0 radical (unpaired) electrons. The molecule has 16 heteroatoms. The van der Waals surface area contributed by atoms with Crippen LogP contribution in [0.25, 0.3) is 0 Å². The molecule has 0 aromatic carbocycles. The van der Waals surface area contributed by atoms with Gasteiger partial charge in [-0.25, -0.2) is 9.13 Å². The first kappa shape index (κ1) is 54.0. The topological polar surface area (TPSA) is 216 Å². The molecule has 1 unspecified atom stereocenters. The Morgan fingerprint density at radius 1 is 0.571 bits per heavy atom. The monoisotopic (exact) mass is 838 g/mol. The second kappa shape index (κ2) is 35.0. The molecule has 326 valence electrons. The molecule has 0 spiro atoms. The number of phosphoric ester groups is 2. The zero-order valence-electron chi connectivity index (χ0n) is 34.0. The Balaban J connectivity index is 4.64. The van der Waals surface area contributed by atoms with Crippen molar-refractivity contribution in [3.63, 3.8) is 0 Å². The standard InChI is InChI=1S/C40H72O14P2/c1-4-36(41)28-24-20-16-11-9-7-5-6-8-10-12-17-21-25-29-39(43)50-33-38(34-53-56(48,49)52-32-37(42)31-51-55(45,46)47)54-40(44)30-26-22-18-14-13-15-19-23-27-35(2)3/h6-9,12,16-17,20,35-38,41-42H,4-5,10-11,13-15,18-19,21-34H2,1-3H3,(H,48,49)(H2,45,46,47)/b8-6-,9-7-,17-12-,20-16-/t36-,37-,38+/m0/s1. The van der Waals surface area contributed by atoms with Crippen LogP contribution in [0.15, 0.2) is 48.6 Å². The summed E-state index contributed by atoms with van der Waals surface area (Å²) in [5.41, 5.74) is 0. The van der Waals surface area contributed by atoms with Gasteiger partial charge in [-0.15, -0.1) is 0 Å². The smallest absolute Gasteiger partial charge is 0.462 e. The van der Waals surface area contributed by atoms with Crippen LogP contribution < -0.4 is 0 Å². The van der Waals surface area contributed by atoms with Crippen molar-refractivity contribution in [3.8, 4) is 0 Å². The van der Waals surface area contributed by atoms with Gasteiger partial charge in [0.15, 0.2) is 6.10 Å². The first-order valence-corrected chi connectivity index (χ1v) is 23.3. The molecule has 4 atom stereocenters. The van der Waals surface area contributed by atoms with Crippen LogP contribution in [0, 0.1) is 5.92 Å². The highest BCUT2D eigenvalue weighted by molar-refractivity contribution is 7.47. The molecule has 0 amide bonds. The fraction of sp³-hybridized carbons (Fsp3) is 0.750. The third-order valence-corrected chi connectivity index (χ3v) is 9.74. The van der Waals surface area contributed by atoms with Crippen molar-refractivity contribution in [2.75, 3.05) is 26.4 Å². The summed E-state index contributed by atoms with van der Waals surface area (Å²) in [6.07, 6.45) is 29.4. The summed E-state index contributed by atoms with van der Waals surface area (Å²) in [7, 11) is -9.69. The molecule has 14 nitrogen and oxygen atoms in total. The van der Waals surface area contributed by atoms with E-state index in [1.54, 1.807) is 0 Å². The van der Waals surface area contributed by atoms with Crippen LogP contribution in [0.2, 0.25) is 0 Å². The van der Waals surface area contributed by atoms with Crippen molar-refractivity contribution in [2.45, 2.75) is 161 Å². The number of phosphoric acid groups is 2. The molecule has 0 rings (SSSR count). The van der Waals surface area contributed by atoms with Crippen LogP contribution >= 0.6 is 15.6 Å². The first-order chi connectivity index (χ1) is 26.6. The van der Waals surface area contributed by atoms with Crippen LogP contribution in [0.3, 0.4) is 0 Å². The Hall–Kier alpha value is -1.96. The number of hydrogen-bond donors (Lipinski definition) is 5. The molecule has 0 saturated carbocycles. The SMILES string of the molecule is CC[C@H](O)CC/C=C\C/C=C\C/C=C\C/C=C\CCCC(=O)OC[C@H](COP(=O)(O)OC[C@@H](O)COP(=O)(O)O)OC(=O)CCCCCCCCCCC(C)C. The van der Waals surface area contributed by atoms with E-state index in [2.05, 4.69) is 59.4 Å². The predicted molar refractivity (Wildman–Crippen MR) is 217 cm³/mol. The predicted octanol–water partition coefficient (Wildman–Crippen LogP) is 8.72. The van der Waals surface area contributed by atoms with Crippen molar-refractivity contribution < 1.29 is 66.7 Å². The average molecular weight is 839 g/mol. The molecule has 56 heavy (non-hydrogen) atoms. The minimum absolute atomic E-state index is 0.105. The van der Waals surface area contributed by atoms with E-state index in [4.69, 9.17) is 23.8 Å². The number of unbranched alkanes of at least 4 members (excludes halogenated alkanes) is 8. The van der Waals surface area contributed by atoms with Gasteiger partial charge in [0.25, 0.3) is 0 Å².